The van der Waals surface area contributed by atoms with Crippen molar-refractivity contribution in [2.75, 3.05) is 26.8 Å². The Hall–Kier alpha value is -1.92. The number of benzene rings is 1. The summed E-state index contributed by atoms with van der Waals surface area (Å²) in [6.07, 6.45) is -1.69. The third-order valence-electron chi connectivity index (χ3n) is 3.22. The Morgan fingerprint density at radius 2 is 2.10 bits per heavy atom. The van der Waals surface area contributed by atoms with Crippen LogP contribution in [-0.2, 0) is 19.1 Å². The number of hydrogen-bond donors (Lipinski definition) is 1. The van der Waals surface area contributed by atoms with Gasteiger partial charge in [0, 0.05) is 13.7 Å². The summed E-state index contributed by atoms with van der Waals surface area (Å²) in [4.78, 5) is 24.9. The van der Waals surface area contributed by atoms with Gasteiger partial charge in [-0.05, 0) is 5.56 Å². The van der Waals surface area contributed by atoms with E-state index < -0.39 is 18.2 Å². The van der Waals surface area contributed by atoms with Crippen molar-refractivity contribution in [3.05, 3.63) is 35.9 Å². The second-order valence-corrected chi connectivity index (χ2v) is 4.51. The molecule has 1 N–H and O–H groups in total. The van der Waals surface area contributed by atoms with Crippen LogP contribution in [0.2, 0.25) is 0 Å². The Balaban J connectivity index is 2.11. The summed E-state index contributed by atoms with van der Waals surface area (Å²) in [5.41, 5.74) is 0.748. The number of carboxylic acid groups (broad SMARTS) is 1. The maximum absolute atomic E-state index is 12.5. The maximum atomic E-state index is 12.5. The fourth-order valence-electron chi connectivity index (χ4n) is 2.17. The molecular weight excluding hydrogens is 262 g/mol. The second-order valence-electron chi connectivity index (χ2n) is 4.51. The zero-order valence-corrected chi connectivity index (χ0v) is 11.2. The molecule has 20 heavy (non-hydrogen) atoms. The average molecular weight is 279 g/mol. The molecule has 1 amide bonds. The molecule has 0 aromatic heterocycles. The van der Waals surface area contributed by atoms with Crippen molar-refractivity contribution in [1.82, 2.24) is 4.90 Å². The lowest BCUT2D eigenvalue weighted by molar-refractivity contribution is -0.162. The third-order valence-corrected chi connectivity index (χ3v) is 3.22. The van der Waals surface area contributed by atoms with Crippen LogP contribution in [0.5, 0.6) is 0 Å². The highest BCUT2D eigenvalue weighted by molar-refractivity contribution is 5.83. The summed E-state index contributed by atoms with van der Waals surface area (Å²) in [6, 6.07) is 9.13. The van der Waals surface area contributed by atoms with E-state index in [1.165, 1.54) is 12.0 Å². The monoisotopic (exact) mass is 279 g/mol. The van der Waals surface area contributed by atoms with Crippen LogP contribution in [0.4, 0.5) is 0 Å². The van der Waals surface area contributed by atoms with Gasteiger partial charge in [-0.3, -0.25) is 4.79 Å². The van der Waals surface area contributed by atoms with Crippen LogP contribution in [0.25, 0.3) is 0 Å². The molecule has 6 nitrogen and oxygen atoms in total. The summed E-state index contributed by atoms with van der Waals surface area (Å²) >= 11 is 0. The first-order valence-electron chi connectivity index (χ1n) is 6.34. The Kier molecular flexibility index (Phi) is 4.70. The van der Waals surface area contributed by atoms with Crippen LogP contribution in [0.15, 0.2) is 30.3 Å². The van der Waals surface area contributed by atoms with Crippen LogP contribution in [0.3, 0.4) is 0 Å². The largest absolute Gasteiger partial charge is 0.479 e. The van der Waals surface area contributed by atoms with E-state index in [9.17, 15) is 9.59 Å². The van der Waals surface area contributed by atoms with Crippen LogP contribution < -0.4 is 0 Å². The molecule has 0 spiro atoms. The van der Waals surface area contributed by atoms with Gasteiger partial charge in [0.2, 0.25) is 0 Å². The van der Waals surface area contributed by atoms with E-state index in [0.717, 1.165) is 5.56 Å². The van der Waals surface area contributed by atoms with Crippen LogP contribution >= 0.6 is 0 Å². The van der Waals surface area contributed by atoms with Gasteiger partial charge in [-0.1, -0.05) is 30.3 Å². The SMILES string of the molecule is CO[C@@H](C(=O)N1CCOC(C(=O)O)C1)c1ccccc1. The minimum atomic E-state index is -1.06. The topological polar surface area (TPSA) is 76.1 Å². The summed E-state index contributed by atoms with van der Waals surface area (Å²) < 4.78 is 10.4. The van der Waals surface area contributed by atoms with Crippen molar-refractivity contribution < 1.29 is 24.2 Å². The molecule has 1 aromatic rings. The third kappa shape index (κ3) is 3.15. The van der Waals surface area contributed by atoms with Crippen molar-refractivity contribution in [2.24, 2.45) is 0 Å². The molecule has 1 aliphatic heterocycles. The summed E-state index contributed by atoms with van der Waals surface area (Å²) in [7, 11) is 1.46. The molecule has 6 heteroatoms. The molecule has 0 saturated carbocycles. The van der Waals surface area contributed by atoms with E-state index in [0.29, 0.717) is 6.54 Å². The normalized spacial score (nSPS) is 20.4. The molecule has 1 saturated heterocycles. The number of carbonyl (C=O) groups is 2. The number of amides is 1. The maximum Gasteiger partial charge on any atom is 0.334 e. The molecule has 1 heterocycles. The number of rotatable bonds is 4. The average Bonchev–Trinajstić information content (AvgIpc) is 2.49. The molecule has 1 aromatic carbocycles. The number of morpholine rings is 1. The highest BCUT2D eigenvalue weighted by Gasteiger charge is 2.33. The lowest BCUT2D eigenvalue weighted by atomic mass is 10.1. The number of aliphatic carboxylic acids is 1. The first-order valence-corrected chi connectivity index (χ1v) is 6.34. The molecule has 108 valence electrons. The molecule has 0 aliphatic carbocycles. The minimum Gasteiger partial charge on any atom is -0.479 e. The highest BCUT2D eigenvalue weighted by Crippen LogP contribution is 2.20. The Labute approximate surface area is 116 Å². The Morgan fingerprint density at radius 3 is 2.70 bits per heavy atom. The Morgan fingerprint density at radius 1 is 1.40 bits per heavy atom. The number of nitrogens with zero attached hydrogens (tertiary/aromatic N) is 1. The van der Waals surface area contributed by atoms with E-state index in [-0.39, 0.29) is 19.1 Å². The lowest BCUT2D eigenvalue weighted by Crippen LogP contribution is -2.50. The van der Waals surface area contributed by atoms with Gasteiger partial charge in [-0.25, -0.2) is 4.79 Å². The summed E-state index contributed by atoms with van der Waals surface area (Å²) in [5, 5.41) is 8.96. The van der Waals surface area contributed by atoms with Gasteiger partial charge in [-0.2, -0.15) is 0 Å². The molecular formula is C14H17NO5. The Bertz CT molecular complexity index is 476. The van der Waals surface area contributed by atoms with E-state index in [4.69, 9.17) is 14.6 Å². The molecule has 0 bridgehead atoms. The number of carbonyl (C=O) groups excluding carboxylic acids is 1. The van der Waals surface area contributed by atoms with Crippen molar-refractivity contribution in [3.8, 4) is 0 Å². The molecule has 0 radical (unpaired) electrons. The quantitative estimate of drug-likeness (QED) is 0.877. The van der Waals surface area contributed by atoms with Crippen LogP contribution in [0.1, 0.15) is 11.7 Å². The number of hydrogen-bond acceptors (Lipinski definition) is 4. The fraction of sp³-hybridized carbons (Fsp3) is 0.429. The van der Waals surface area contributed by atoms with Gasteiger partial charge in [0.05, 0.1) is 13.2 Å². The molecule has 1 aliphatic rings. The molecule has 2 atom stereocenters. The fourth-order valence-corrected chi connectivity index (χ4v) is 2.17. The van der Waals surface area contributed by atoms with Crippen molar-refractivity contribution >= 4 is 11.9 Å². The van der Waals surface area contributed by atoms with Crippen molar-refractivity contribution in [1.29, 1.82) is 0 Å². The van der Waals surface area contributed by atoms with Gasteiger partial charge < -0.3 is 19.5 Å². The van der Waals surface area contributed by atoms with Crippen molar-refractivity contribution in [3.63, 3.8) is 0 Å². The van der Waals surface area contributed by atoms with Gasteiger partial charge >= 0.3 is 5.97 Å². The lowest BCUT2D eigenvalue weighted by Gasteiger charge is -2.33. The molecule has 1 fully saturated rings. The number of methoxy groups -OCH3 is 1. The first-order chi connectivity index (χ1) is 9.63. The van der Waals surface area contributed by atoms with Crippen molar-refractivity contribution in [2.45, 2.75) is 12.2 Å². The van der Waals surface area contributed by atoms with E-state index in [1.807, 2.05) is 18.2 Å². The zero-order valence-electron chi connectivity index (χ0n) is 11.2. The van der Waals surface area contributed by atoms with Gasteiger partial charge in [0.15, 0.2) is 12.2 Å². The first kappa shape index (κ1) is 14.5. The van der Waals surface area contributed by atoms with Gasteiger partial charge in [0.25, 0.3) is 5.91 Å². The number of ether oxygens (including phenoxy) is 2. The standard InChI is InChI=1S/C14H17NO5/c1-19-12(10-5-3-2-4-6-10)13(16)15-7-8-20-11(9-15)14(17)18/h2-6,11-12H,7-9H2,1H3,(H,17,18)/t11?,12-/m1/s1. The van der Waals surface area contributed by atoms with Gasteiger partial charge in [-0.15, -0.1) is 0 Å². The van der Waals surface area contributed by atoms with Crippen LogP contribution in [0, 0.1) is 0 Å². The number of carboxylic acids is 1. The predicted molar refractivity (Wildman–Crippen MR) is 70.1 cm³/mol. The summed E-state index contributed by atoms with van der Waals surface area (Å²) in [6.45, 7) is 0.629. The zero-order chi connectivity index (χ0) is 14.5. The van der Waals surface area contributed by atoms with E-state index in [1.54, 1.807) is 12.1 Å². The molecule has 1 unspecified atom stereocenters. The predicted octanol–water partition coefficient (Wildman–Crippen LogP) is 0.686. The summed E-state index contributed by atoms with van der Waals surface area (Å²) in [5.74, 6) is -1.30. The van der Waals surface area contributed by atoms with E-state index in [2.05, 4.69) is 0 Å². The second kappa shape index (κ2) is 6.49. The van der Waals surface area contributed by atoms with Crippen LogP contribution in [-0.4, -0.2) is 54.8 Å². The smallest absolute Gasteiger partial charge is 0.334 e. The molecule has 2 rings (SSSR count). The van der Waals surface area contributed by atoms with Gasteiger partial charge in [0.1, 0.15) is 0 Å². The minimum absolute atomic E-state index is 0.0425. The highest BCUT2D eigenvalue weighted by atomic mass is 16.5. The van der Waals surface area contributed by atoms with E-state index >= 15 is 0 Å².